The molecule has 1 atom stereocenters. The van der Waals surface area contributed by atoms with E-state index in [2.05, 4.69) is 10.2 Å². The van der Waals surface area contributed by atoms with Crippen LogP contribution in [0.15, 0.2) is 48.5 Å². The van der Waals surface area contributed by atoms with Crippen molar-refractivity contribution in [3.63, 3.8) is 0 Å². The highest BCUT2D eigenvalue weighted by Gasteiger charge is 2.28. The van der Waals surface area contributed by atoms with E-state index in [0.29, 0.717) is 49.0 Å². The third-order valence-corrected chi connectivity index (χ3v) is 5.41. The van der Waals surface area contributed by atoms with Gasteiger partial charge in [-0.25, -0.2) is 4.39 Å². The highest BCUT2D eigenvalue weighted by Crippen LogP contribution is 2.23. The van der Waals surface area contributed by atoms with Gasteiger partial charge in [0.2, 0.25) is 11.8 Å². The van der Waals surface area contributed by atoms with Crippen LogP contribution in [0.2, 0.25) is 5.02 Å². The summed E-state index contributed by atoms with van der Waals surface area (Å²) in [7, 11) is 0. The van der Waals surface area contributed by atoms with Crippen LogP contribution in [0.3, 0.4) is 0 Å². The number of benzene rings is 2. The van der Waals surface area contributed by atoms with Gasteiger partial charge >= 0.3 is 0 Å². The summed E-state index contributed by atoms with van der Waals surface area (Å²) in [5.41, 5.74) is 8.20. The second-order valence-electron chi connectivity index (χ2n) is 7.53. The standard InChI is InChI=1S/C23H26ClFN4O2/c1-16(30)27-22-12-19(24)6-4-18(22)5-9-23(31)29-11-10-28(15-21(29)13-26)14-17-2-7-20(25)8-3-17/h2-9,12,21H,10-11,13-15,26H2,1H3,(H,27,30)/b9-5+/t21-/m1/s1. The summed E-state index contributed by atoms with van der Waals surface area (Å²) in [4.78, 5) is 28.3. The summed E-state index contributed by atoms with van der Waals surface area (Å²) in [5, 5.41) is 3.21. The lowest BCUT2D eigenvalue weighted by Gasteiger charge is -2.40. The van der Waals surface area contributed by atoms with Crippen LogP contribution in [-0.2, 0) is 16.1 Å². The number of amides is 2. The summed E-state index contributed by atoms with van der Waals surface area (Å²) >= 11 is 6.01. The van der Waals surface area contributed by atoms with Crippen molar-refractivity contribution in [2.24, 2.45) is 5.73 Å². The molecule has 1 heterocycles. The Morgan fingerprint density at radius 3 is 2.65 bits per heavy atom. The zero-order valence-corrected chi connectivity index (χ0v) is 18.1. The maximum Gasteiger partial charge on any atom is 0.246 e. The average molecular weight is 445 g/mol. The van der Waals surface area contributed by atoms with Gasteiger partial charge in [0.05, 0.1) is 6.04 Å². The molecule has 1 saturated heterocycles. The Bertz CT molecular complexity index is 965. The average Bonchev–Trinajstić information content (AvgIpc) is 2.74. The third-order valence-electron chi connectivity index (χ3n) is 5.17. The third kappa shape index (κ3) is 6.37. The van der Waals surface area contributed by atoms with E-state index in [1.165, 1.54) is 25.1 Å². The quantitative estimate of drug-likeness (QED) is 0.671. The number of nitrogens with zero attached hydrogens (tertiary/aromatic N) is 2. The SMILES string of the molecule is CC(=O)Nc1cc(Cl)ccc1/C=C/C(=O)N1CCN(Cc2ccc(F)cc2)C[C@H]1CN. The number of nitrogens with two attached hydrogens (primary N) is 1. The Labute approximate surface area is 186 Å². The van der Waals surface area contributed by atoms with E-state index in [1.54, 1.807) is 41.3 Å². The van der Waals surface area contributed by atoms with E-state index in [-0.39, 0.29) is 23.7 Å². The lowest BCUT2D eigenvalue weighted by Crippen LogP contribution is -2.57. The first-order valence-electron chi connectivity index (χ1n) is 10.1. The van der Waals surface area contributed by atoms with Crippen LogP contribution in [0, 0.1) is 5.82 Å². The Balaban J connectivity index is 1.65. The molecular weight excluding hydrogens is 419 g/mol. The molecule has 3 N–H and O–H groups in total. The van der Waals surface area contributed by atoms with Crippen molar-refractivity contribution in [3.8, 4) is 0 Å². The molecule has 0 saturated carbocycles. The van der Waals surface area contributed by atoms with Gasteiger partial charge in [-0.3, -0.25) is 14.5 Å². The number of piperazine rings is 1. The molecule has 0 aromatic heterocycles. The van der Waals surface area contributed by atoms with Gasteiger partial charge in [-0.1, -0.05) is 29.8 Å². The Kier molecular flexibility index (Phi) is 7.79. The molecule has 164 valence electrons. The Morgan fingerprint density at radius 1 is 1.23 bits per heavy atom. The summed E-state index contributed by atoms with van der Waals surface area (Å²) in [5.74, 6) is -0.613. The smallest absolute Gasteiger partial charge is 0.246 e. The van der Waals surface area contributed by atoms with Crippen molar-refractivity contribution in [1.29, 1.82) is 0 Å². The molecule has 0 bridgehead atoms. The molecule has 3 rings (SSSR count). The van der Waals surface area contributed by atoms with Gasteiger partial charge in [0.25, 0.3) is 0 Å². The molecule has 0 radical (unpaired) electrons. The van der Waals surface area contributed by atoms with Crippen molar-refractivity contribution in [2.45, 2.75) is 19.5 Å². The van der Waals surface area contributed by atoms with Crippen LogP contribution < -0.4 is 11.1 Å². The van der Waals surface area contributed by atoms with Crippen LogP contribution in [0.1, 0.15) is 18.1 Å². The van der Waals surface area contributed by atoms with Crippen molar-refractivity contribution < 1.29 is 14.0 Å². The van der Waals surface area contributed by atoms with Gasteiger partial charge in [-0.15, -0.1) is 0 Å². The van der Waals surface area contributed by atoms with Gasteiger partial charge in [0, 0.05) is 56.4 Å². The number of anilines is 1. The largest absolute Gasteiger partial charge is 0.332 e. The number of nitrogens with one attached hydrogen (secondary N) is 1. The molecule has 0 unspecified atom stereocenters. The molecule has 0 spiro atoms. The monoisotopic (exact) mass is 444 g/mol. The number of halogens is 2. The molecule has 2 amide bonds. The van der Waals surface area contributed by atoms with Gasteiger partial charge in [-0.2, -0.15) is 0 Å². The van der Waals surface area contributed by atoms with Crippen LogP contribution in [0.25, 0.3) is 6.08 Å². The van der Waals surface area contributed by atoms with Crippen LogP contribution in [-0.4, -0.2) is 53.8 Å². The van der Waals surface area contributed by atoms with Gasteiger partial charge in [-0.05, 0) is 41.5 Å². The summed E-state index contributed by atoms with van der Waals surface area (Å²) in [6.45, 7) is 4.33. The minimum atomic E-state index is -0.256. The van der Waals surface area contributed by atoms with Gasteiger partial charge < -0.3 is 16.0 Å². The molecule has 1 aliphatic rings. The predicted octanol–water partition coefficient (Wildman–Crippen LogP) is 3.12. The first kappa shape index (κ1) is 22.9. The first-order valence-corrected chi connectivity index (χ1v) is 10.5. The molecule has 1 fully saturated rings. The molecule has 0 aliphatic carbocycles. The number of carbonyl (C=O) groups is 2. The van der Waals surface area contributed by atoms with E-state index >= 15 is 0 Å². The fourth-order valence-corrected chi connectivity index (χ4v) is 3.80. The van der Waals surface area contributed by atoms with Gasteiger partial charge in [0.15, 0.2) is 0 Å². The highest BCUT2D eigenvalue weighted by atomic mass is 35.5. The van der Waals surface area contributed by atoms with Crippen molar-refractivity contribution >= 4 is 35.2 Å². The molecule has 1 aliphatic heterocycles. The van der Waals surface area contributed by atoms with Crippen molar-refractivity contribution in [3.05, 3.63) is 70.5 Å². The van der Waals surface area contributed by atoms with Crippen LogP contribution in [0.5, 0.6) is 0 Å². The molecule has 31 heavy (non-hydrogen) atoms. The second-order valence-corrected chi connectivity index (χ2v) is 7.97. The normalized spacial score (nSPS) is 17.2. The fourth-order valence-electron chi connectivity index (χ4n) is 3.63. The predicted molar refractivity (Wildman–Crippen MR) is 121 cm³/mol. The molecule has 2 aromatic rings. The maximum absolute atomic E-state index is 13.1. The first-order chi connectivity index (χ1) is 14.9. The van der Waals surface area contributed by atoms with E-state index in [1.807, 2.05) is 0 Å². The summed E-state index contributed by atoms with van der Waals surface area (Å²) in [6, 6.07) is 11.4. The van der Waals surface area contributed by atoms with Gasteiger partial charge in [0.1, 0.15) is 5.82 Å². The van der Waals surface area contributed by atoms with Crippen molar-refractivity contribution in [2.75, 3.05) is 31.5 Å². The number of carbonyl (C=O) groups excluding carboxylic acids is 2. The topological polar surface area (TPSA) is 78.7 Å². The maximum atomic E-state index is 13.1. The fraction of sp³-hybridized carbons (Fsp3) is 0.304. The molecule has 2 aromatic carbocycles. The number of hydrogen-bond acceptors (Lipinski definition) is 4. The zero-order valence-electron chi connectivity index (χ0n) is 17.4. The lowest BCUT2D eigenvalue weighted by molar-refractivity contribution is -0.130. The number of rotatable bonds is 6. The summed E-state index contributed by atoms with van der Waals surface area (Å²) < 4.78 is 13.1. The van der Waals surface area contributed by atoms with E-state index < -0.39 is 0 Å². The zero-order chi connectivity index (χ0) is 22.4. The lowest BCUT2D eigenvalue weighted by atomic mass is 10.1. The van der Waals surface area contributed by atoms with Crippen LogP contribution >= 0.6 is 11.6 Å². The second kappa shape index (κ2) is 10.5. The molecular formula is C23H26ClFN4O2. The molecule has 6 nitrogen and oxygen atoms in total. The summed E-state index contributed by atoms with van der Waals surface area (Å²) in [6.07, 6.45) is 3.16. The minimum Gasteiger partial charge on any atom is -0.332 e. The Hall–Kier alpha value is -2.74. The molecule has 8 heteroatoms. The Morgan fingerprint density at radius 2 is 1.97 bits per heavy atom. The van der Waals surface area contributed by atoms with E-state index in [9.17, 15) is 14.0 Å². The van der Waals surface area contributed by atoms with E-state index in [4.69, 9.17) is 17.3 Å². The minimum absolute atomic E-state index is 0.119. The van der Waals surface area contributed by atoms with Crippen LogP contribution in [0.4, 0.5) is 10.1 Å². The van der Waals surface area contributed by atoms with Crippen molar-refractivity contribution in [1.82, 2.24) is 9.80 Å². The number of hydrogen-bond donors (Lipinski definition) is 2. The van der Waals surface area contributed by atoms with E-state index in [0.717, 1.165) is 5.56 Å². The highest BCUT2D eigenvalue weighted by molar-refractivity contribution is 6.31.